The minimum absolute atomic E-state index is 0.0215. The van der Waals surface area contributed by atoms with Gasteiger partial charge < -0.3 is 14.2 Å². The van der Waals surface area contributed by atoms with Crippen molar-refractivity contribution in [3.63, 3.8) is 0 Å². The number of halogens is 1. The molecule has 0 saturated heterocycles. The van der Waals surface area contributed by atoms with Crippen LogP contribution in [0.1, 0.15) is 21.7 Å². The van der Waals surface area contributed by atoms with Crippen molar-refractivity contribution in [1.82, 2.24) is 15.2 Å². The maximum Gasteiger partial charge on any atom is 0.193 e. The number of aromatic nitrogens is 3. The maximum atomic E-state index is 13.1. The van der Waals surface area contributed by atoms with Crippen LogP contribution in [0.2, 0.25) is 0 Å². The molecule has 8 heteroatoms. The van der Waals surface area contributed by atoms with Crippen LogP contribution in [0.5, 0.6) is 11.5 Å². The average Bonchev–Trinajstić information content (AvgIpc) is 3.23. The van der Waals surface area contributed by atoms with E-state index in [2.05, 4.69) is 15.2 Å². The third-order valence-corrected chi connectivity index (χ3v) is 3.69. The lowest BCUT2D eigenvalue weighted by atomic mass is 10.1. The van der Waals surface area contributed by atoms with Gasteiger partial charge in [0.2, 0.25) is 0 Å². The lowest BCUT2D eigenvalue weighted by Crippen LogP contribution is -2.08. The normalized spacial score (nSPS) is 10.9. The van der Waals surface area contributed by atoms with E-state index in [4.69, 9.17) is 14.2 Å². The second kappa shape index (κ2) is 9.43. The van der Waals surface area contributed by atoms with Gasteiger partial charge in [-0.1, -0.05) is 18.2 Å². The third-order valence-electron chi connectivity index (χ3n) is 3.69. The molecule has 0 aliphatic heterocycles. The van der Waals surface area contributed by atoms with Gasteiger partial charge in [0, 0.05) is 7.11 Å². The van der Waals surface area contributed by atoms with Crippen LogP contribution >= 0.6 is 0 Å². The Kier molecular flexibility index (Phi) is 6.48. The number of hydrogen-bond donors (Lipinski definition) is 1. The zero-order chi connectivity index (χ0) is 19.8. The fourth-order valence-electron chi connectivity index (χ4n) is 2.39. The number of ketones is 1. The van der Waals surface area contributed by atoms with Crippen molar-refractivity contribution in [2.24, 2.45) is 0 Å². The van der Waals surface area contributed by atoms with Crippen molar-refractivity contribution in [2.75, 3.05) is 13.9 Å². The quantitative estimate of drug-likeness (QED) is 0.346. The SMILES string of the molecule is COCOc1cccc(OCc2ccc(F)cc2)c1C(=O)C=Cc1nc[nH]n1. The van der Waals surface area contributed by atoms with Crippen molar-refractivity contribution in [1.29, 1.82) is 0 Å². The summed E-state index contributed by atoms with van der Waals surface area (Å²) in [6.07, 6.45) is 4.23. The van der Waals surface area contributed by atoms with Crippen molar-refractivity contribution in [2.45, 2.75) is 6.61 Å². The molecule has 0 unspecified atom stereocenters. The van der Waals surface area contributed by atoms with Gasteiger partial charge in [0.05, 0.1) is 0 Å². The van der Waals surface area contributed by atoms with E-state index in [1.165, 1.54) is 37.7 Å². The highest BCUT2D eigenvalue weighted by Crippen LogP contribution is 2.30. The van der Waals surface area contributed by atoms with E-state index in [1.54, 1.807) is 30.3 Å². The first kappa shape index (κ1) is 19.2. The molecule has 3 aromatic rings. The third kappa shape index (κ3) is 5.01. The standard InChI is InChI=1S/C20H18FN3O4/c1-26-13-28-18-4-2-3-17(27-11-14-5-7-15(21)8-6-14)20(18)16(25)9-10-19-22-12-23-24-19/h2-10,12H,11,13H2,1H3,(H,22,23,24). The molecule has 0 bridgehead atoms. The Morgan fingerprint density at radius 3 is 2.57 bits per heavy atom. The number of nitrogens with zero attached hydrogens (tertiary/aromatic N) is 2. The van der Waals surface area contributed by atoms with E-state index in [1.807, 2.05) is 0 Å². The molecule has 0 aliphatic carbocycles. The number of ether oxygens (including phenoxy) is 3. The van der Waals surface area contributed by atoms with Crippen LogP contribution in [0, 0.1) is 5.82 Å². The minimum atomic E-state index is -0.342. The van der Waals surface area contributed by atoms with Gasteiger partial charge >= 0.3 is 0 Å². The maximum absolute atomic E-state index is 13.1. The molecule has 0 amide bonds. The van der Waals surface area contributed by atoms with Crippen LogP contribution < -0.4 is 9.47 Å². The van der Waals surface area contributed by atoms with Gasteiger partial charge in [-0.2, -0.15) is 5.10 Å². The molecule has 144 valence electrons. The van der Waals surface area contributed by atoms with Crippen LogP contribution in [0.4, 0.5) is 4.39 Å². The van der Waals surface area contributed by atoms with E-state index < -0.39 is 0 Å². The molecule has 1 aromatic heterocycles. The second-order valence-electron chi connectivity index (χ2n) is 5.65. The van der Waals surface area contributed by atoms with Gasteiger partial charge in [0.25, 0.3) is 0 Å². The molecule has 1 heterocycles. The highest BCUT2D eigenvalue weighted by atomic mass is 19.1. The molecule has 2 aromatic carbocycles. The summed E-state index contributed by atoms with van der Waals surface area (Å²) in [4.78, 5) is 16.7. The lowest BCUT2D eigenvalue weighted by Gasteiger charge is -2.14. The molecule has 7 nitrogen and oxygen atoms in total. The van der Waals surface area contributed by atoms with Crippen LogP contribution in [-0.4, -0.2) is 34.9 Å². The largest absolute Gasteiger partial charge is 0.488 e. The predicted molar refractivity (Wildman–Crippen MR) is 99.4 cm³/mol. The average molecular weight is 383 g/mol. The smallest absolute Gasteiger partial charge is 0.193 e. The monoisotopic (exact) mass is 383 g/mol. The van der Waals surface area contributed by atoms with Crippen molar-refractivity contribution in [3.8, 4) is 11.5 Å². The van der Waals surface area contributed by atoms with Crippen LogP contribution in [0.3, 0.4) is 0 Å². The topological polar surface area (TPSA) is 86.3 Å². The number of rotatable bonds is 9. The lowest BCUT2D eigenvalue weighted by molar-refractivity contribution is 0.0501. The van der Waals surface area contributed by atoms with Gasteiger partial charge in [0.1, 0.15) is 35.8 Å². The number of allylic oxidation sites excluding steroid dienone is 1. The Balaban J connectivity index is 1.85. The Labute approximate surface area is 160 Å². The molecule has 0 aliphatic rings. The number of carbonyl (C=O) groups excluding carboxylic acids is 1. The fourth-order valence-corrected chi connectivity index (χ4v) is 2.39. The molecule has 28 heavy (non-hydrogen) atoms. The summed E-state index contributed by atoms with van der Waals surface area (Å²) < 4.78 is 29.3. The van der Waals surface area contributed by atoms with Gasteiger partial charge in [0.15, 0.2) is 18.4 Å². The Hall–Kier alpha value is -3.52. The second-order valence-corrected chi connectivity index (χ2v) is 5.65. The Morgan fingerprint density at radius 1 is 1.14 bits per heavy atom. The summed E-state index contributed by atoms with van der Waals surface area (Å²) in [6.45, 7) is 0.144. The zero-order valence-electron chi connectivity index (χ0n) is 15.1. The first-order valence-electron chi connectivity index (χ1n) is 8.37. The minimum Gasteiger partial charge on any atom is -0.488 e. The summed E-state index contributed by atoms with van der Waals surface area (Å²) in [6, 6.07) is 11.0. The molecule has 0 atom stereocenters. The van der Waals surface area contributed by atoms with E-state index >= 15 is 0 Å². The number of benzene rings is 2. The van der Waals surface area contributed by atoms with Gasteiger partial charge in [-0.25, -0.2) is 9.37 Å². The van der Waals surface area contributed by atoms with Crippen molar-refractivity contribution >= 4 is 11.9 Å². The van der Waals surface area contributed by atoms with Crippen molar-refractivity contribution < 1.29 is 23.4 Å². The summed E-state index contributed by atoms with van der Waals surface area (Å²) in [5.41, 5.74) is 1.01. The molecule has 1 N–H and O–H groups in total. The van der Waals surface area contributed by atoms with E-state index in [0.717, 1.165) is 5.56 Å². The van der Waals surface area contributed by atoms with Crippen LogP contribution in [0.25, 0.3) is 6.08 Å². The van der Waals surface area contributed by atoms with Gasteiger partial charge in [-0.05, 0) is 42.0 Å². The van der Waals surface area contributed by atoms with Crippen LogP contribution in [0.15, 0.2) is 54.9 Å². The number of hydrogen-bond acceptors (Lipinski definition) is 6. The Morgan fingerprint density at radius 2 is 1.89 bits per heavy atom. The number of carbonyl (C=O) groups is 1. The fraction of sp³-hybridized carbons (Fsp3) is 0.150. The van der Waals surface area contributed by atoms with E-state index in [9.17, 15) is 9.18 Å². The summed E-state index contributed by atoms with van der Waals surface area (Å²) >= 11 is 0. The predicted octanol–water partition coefficient (Wildman–Crippen LogP) is 3.40. The summed E-state index contributed by atoms with van der Waals surface area (Å²) in [5, 5.41) is 6.44. The first-order chi connectivity index (χ1) is 13.7. The van der Waals surface area contributed by atoms with Crippen LogP contribution in [-0.2, 0) is 11.3 Å². The molecule has 0 fully saturated rings. The molecule has 3 rings (SSSR count). The number of H-pyrrole nitrogens is 1. The highest BCUT2D eigenvalue weighted by molar-refractivity contribution is 6.10. The molecule has 0 saturated carbocycles. The van der Waals surface area contributed by atoms with Gasteiger partial charge in [-0.15, -0.1) is 0 Å². The number of methoxy groups -OCH3 is 1. The molecular weight excluding hydrogens is 365 g/mol. The van der Waals surface area contributed by atoms with Gasteiger partial charge in [-0.3, -0.25) is 9.89 Å². The number of nitrogens with one attached hydrogen (secondary N) is 1. The highest BCUT2D eigenvalue weighted by Gasteiger charge is 2.17. The summed E-state index contributed by atoms with van der Waals surface area (Å²) in [5.74, 6) is 0.361. The summed E-state index contributed by atoms with van der Waals surface area (Å²) in [7, 11) is 1.49. The van der Waals surface area contributed by atoms with E-state index in [-0.39, 0.29) is 30.6 Å². The number of aromatic amines is 1. The molecular formula is C20H18FN3O4. The van der Waals surface area contributed by atoms with E-state index in [0.29, 0.717) is 17.3 Å². The molecule has 0 spiro atoms. The van der Waals surface area contributed by atoms with Crippen molar-refractivity contribution in [3.05, 3.63) is 77.6 Å². The first-order valence-corrected chi connectivity index (χ1v) is 8.37. The zero-order valence-corrected chi connectivity index (χ0v) is 15.1. The Bertz CT molecular complexity index is 941. The molecule has 0 radical (unpaired) electrons.